The van der Waals surface area contributed by atoms with Gasteiger partial charge in [-0.3, -0.25) is 0 Å². The average molecular weight is 349 g/mol. The Bertz CT molecular complexity index is 629. The zero-order valence-corrected chi connectivity index (χ0v) is 15.7. The first-order valence-electron chi connectivity index (χ1n) is 8.29. The SMILES string of the molecule is COC(=O)c1cccc(C(=S)NC[C@@]2(C)C[C@H](O)CC(C)(C)C2)c1. The van der Waals surface area contributed by atoms with E-state index in [0.29, 0.717) is 17.1 Å². The van der Waals surface area contributed by atoms with Crippen LogP contribution < -0.4 is 5.32 Å². The van der Waals surface area contributed by atoms with Crippen molar-refractivity contribution in [3.8, 4) is 0 Å². The van der Waals surface area contributed by atoms with Crippen molar-refractivity contribution in [2.24, 2.45) is 10.8 Å². The zero-order valence-electron chi connectivity index (χ0n) is 14.9. The summed E-state index contributed by atoms with van der Waals surface area (Å²) in [6, 6.07) is 7.12. The Morgan fingerprint density at radius 2 is 2.00 bits per heavy atom. The fraction of sp³-hybridized carbons (Fsp3) is 0.579. The molecule has 1 aliphatic carbocycles. The van der Waals surface area contributed by atoms with Gasteiger partial charge in [-0.15, -0.1) is 0 Å². The third-order valence-electron chi connectivity index (χ3n) is 4.64. The van der Waals surface area contributed by atoms with E-state index in [2.05, 4.69) is 26.1 Å². The first kappa shape index (κ1) is 18.9. The lowest BCUT2D eigenvalue weighted by Gasteiger charge is -2.45. The van der Waals surface area contributed by atoms with Crippen LogP contribution in [0.25, 0.3) is 0 Å². The van der Waals surface area contributed by atoms with Gasteiger partial charge in [-0.1, -0.05) is 45.1 Å². The van der Waals surface area contributed by atoms with Crippen LogP contribution in [0.3, 0.4) is 0 Å². The lowest BCUT2D eigenvalue weighted by atomic mass is 9.63. The zero-order chi connectivity index (χ0) is 18.0. The second-order valence-corrected chi connectivity index (χ2v) is 8.38. The average Bonchev–Trinajstić information content (AvgIpc) is 2.49. The Labute approximate surface area is 149 Å². The molecule has 4 nitrogen and oxygen atoms in total. The second-order valence-electron chi connectivity index (χ2n) is 7.97. The molecule has 2 N–H and O–H groups in total. The molecule has 1 aromatic rings. The molecule has 132 valence electrons. The first-order valence-corrected chi connectivity index (χ1v) is 8.70. The van der Waals surface area contributed by atoms with E-state index in [1.54, 1.807) is 18.2 Å². The Morgan fingerprint density at radius 1 is 1.33 bits per heavy atom. The second kappa shape index (κ2) is 7.19. The molecule has 2 rings (SSSR count). The minimum absolute atomic E-state index is 0.00874. The predicted molar refractivity (Wildman–Crippen MR) is 99.2 cm³/mol. The van der Waals surface area contributed by atoms with Crippen LogP contribution in [0.5, 0.6) is 0 Å². The molecule has 0 aromatic heterocycles. The molecule has 0 spiro atoms. The molecule has 2 atom stereocenters. The standard InChI is InChI=1S/C19H27NO3S/c1-18(2)9-15(21)10-19(3,11-18)12-20-16(24)13-6-5-7-14(8-13)17(22)23-4/h5-8,15,21H,9-12H2,1-4H3,(H,20,24)/t15-,19+/m1/s1. The Kier molecular flexibility index (Phi) is 5.66. The van der Waals surface area contributed by atoms with Crippen LogP contribution >= 0.6 is 12.2 Å². The number of hydrogen-bond donors (Lipinski definition) is 2. The maximum atomic E-state index is 11.6. The first-order chi connectivity index (χ1) is 11.1. The Hall–Kier alpha value is -1.46. The van der Waals surface area contributed by atoms with E-state index >= 15 is 0 Å². The van der Waals surface area contributed by atoms with Gasteiger partial charge in [0, 0.05) is 12.1 Å². The van der Waals surface area contributed by atoms with Crippen molar-refractivity contribution in [2.45, 2.75) is 46.1 Å². The fourth-order valence-corrected chi connectivity index (χ4v) is 4.21. The molecule has 0 unspecified atom stereocenters. The lowest BCUT2D eigenvalue weighted by Crippen LogP contribution is -2.45. The number of aliphatic hydroxyl groups excluding tert-OH is 1. The number of rotatable bonds is 4. The molecule has 0 bridgehead atoms. The van der Waals surface area contributed by atoms with Crippen LogP contribution in [0.4, 0.5) is 0 Å². The number of carbonyl (C=O) groups excluding carboxylic acids is 1. The van der Waals surface area contributed by atoms with E-state index in [1.165, 1.54) is 7.11 Å². The number of benzene rings is 1. The van der Waals surface area contributed by atoms with Gasteiger partial charge in [0.1, 0.15) is 4.99 Å². The van der Waals surface area contributed by atoms with E-state index in [1.807, 2.05) is 6.07 Å². The molecular formula is C19H27NO3S. The van der Waals surface area contributed by atoms with Crippen LogP contribution in [0.2, 0.25) is 0 Å². The normalized spacial score (nSPS) is 25.8. The summed E-state index contributed by atoms with van der Waals surface area (Å²) in [5, 5.41) is 13.5. The molecule has 0 heterocycles. The molecule has 1 saturated carbocycles. The summed E-state index contributed by atoms with van der Waals surface area (Å²) in [5.74, 6) is -0.372. The van der Waals surface area contributed by atoms with Crippen LogP contribution in [0.1, 0.15) is 56.0 Å². The number of thiocarbonyl (C=S) groups is 1. The quantitative estimate of drug-likeness (QED) is 0.645. The van der Waals surface area contributed by atoms with E-state index in [9.17, 15) is 9.90 Å². The Morgan fingerprint density at radius 3 is 2.62 bits per heavy atom. The van der Waals surface area contributed by atoms with Gasteiger partial charge in [-0.2, -0.15) is 0 Å². The molecule has 1 aromatic carbocycles. The predicted octanol–water partition coefficient (Wildman–Crippen LogP) is 3.32. The van der Waals surface area contributed by atoms with Crippen molar-refractivity contribution in [1.29, 1.82) is 0 Å². The number of esters is 1. The summed E-state index contributed by atoms with van der Waals surface area (Å²) in [7, 11) is 1.36. The summed E-state index contributed by atoms with van der Waals surface area (Å²) in [6.45, 7) is 7.30. The molecule has 1 aliphatic rings. The van der Waals surface area contributed by atoms with E-state index < -0.39 is 0 Å². The van der Waals surface area contributed by atoms with E-state index in [-0.39, 0.29) is 22.9 Å². The Balaban J connectivity index is 2.04. The molecule has 0 amide bonds. The molecule has 24 heavy (non-hydrogen) atoms. The summed E-state index contributed by atoms with van der Waals surface area (Å²) in [4.78, 5) is 12.2. The van der Waals surface area contributed by atoms with Crippen LogP contribution in [0.15, 0.2) is 24.3 Å². The summed E-state index contributed by atoms with van der Waals surface area (Å²) >= 11 is 5.48. The summed E-state index contributed by atoms with van der Waals surface area (Å²) in [6.07, 6.45) is 2.38. The van der Waals surface area contributed by atoms with Gasteiger partial charge in [0.05, 0.1) is 18.8 Å². The van der Waals surface area contributed by atoms with Crippen molar-refractivity contribution >= 4 is 23.2 Å². The molecule has 0 saturated heterocycles. The van der Waals surface area contributed by atoms with Crippen molar-refractivity contribution < 1.29 is 14.6 Å². The maximum absolute atomic E-state index is 11.6. The smallest absolute Gasteiger partial charge is 0.337 e. The molecule has 1 fully saturated rings. The van der Waals surface area contributed by atoms with Gasteiger partial charge in [0.2, 0.25) is 0 Å². The van der Waals surface area contributed by atoms with E-state index in [4.69, 9.17) is 17.0 Å². The van der Waals surface area contributed by atoms with Crippen molar-refractivity contribution in [3.63, 3.8) is 0 Å². The molecule has 0 radical (unpaired) electrons. The third kappa shape index (κ3) is 4.77. The number of ether oxygens (including phenoxy) is 1. The van der Waals surface area contributed by atoms with Gasteiger partial charge < -0.3 is 15.2 Å². The largest absolute Gasteiger partial charge is 0.465 e. The van der Waals surface area contributed by atoms with Gasteiger partial charge in [0.15, 0.2) is 0 Å². The number of nitrogens with one attached hydrogen (secondary N) is 1. The molecule has 0 aliphatic heterocycles. The van der Waals surface area contributed by atoms with Gasteiger partial charge >= 0.3 is 5.97 Å². The summed E-state index contributed by atoms with van der Waals surface area (Å²) in [5.41, 5.74) is 1.40. The highest BCUT2D eigenvalue weighted by atomic mass is 32.1. The highest BCUT2D eigenvalue weighted by Gasteiger charge is 2.40. The minimum Gasteiger partial charge on any atom is -0.465 e. The molecular weight excluding hydrogens is 322 g/mol. The van der Waals surface area contributed by atoms with Crippen molar-refractivity contribution in [3.05, 3.63) is 35.4 Å². The topological polar surface area (TPSA) is 58.6 Å². The number of carbonyl (C=O) groups is 1. The summed E-state index contributed by atoms with van der Waals surface area (Å²) < 4.78 is 4.75. The fourth-order valence-electron chi connectivity index (χ4n) is 4.01. The van der Waals surface area contributed by atoms with Gasteiger partial charge in [-0.05, 0) is 42.2 Å². The van der Waals surface area contributed by atoms with Gasteiger partial charge in [-0.25, -0.2) is 4.79 Å². The van der Waals surface area contributed by atoms with Gasteiger partial charge in [0.25, 0.3) is 0 Å². The highest BCUT2D eigenvalue weighted by molar-refractivity contribution is 7.80. The molecule has 5 heteroatoms. The highest BCUT2D eigenvalue weighted by Crippen LogP contribution is 2.45. The third-order valence-corrected chi connectivity index (χ3v) is 5.02. The minimum atomic E-state index is -0.372. The number of methoxy groups -OCH3 is 1. The van der Waals surface area contributed by atoms with Crippen LogP contribution in [0, 0.1) is 10.8 Å². The van der Waals surface area contributed by atoms with Crippen molar-refractivity contribution in [1.82, 2.24) is 5.32 Å². The van der Waals surface area contributed by atoms with Crippen LogP contribution in [-0.4, -0.2) is 35.8 Å². The van der Waals surface area contributed by atoms with Crippen LogP contribution in [-0.2, 0) is 4.74 Å². The van der Waals surface area contributed by atoms with Crippen molar-refractivity contribution in [2.75, 3.05) is 13.7 Å². The maximum Gasteiger partial charge on any atom is 0.337 e. The van der Waals surface area contributed by atoms with E-state index in [0.717, 1.165) is 24.8 Å². The monoisotopic (exact) mass is 349 g/mol. The lowest BCUT2D eigenvalue weighted by molar-refractivity contribution is -0.00680. The number of hydrogen-bond acceptors (Lipinski definition) is 4. The number of aliphatic hydroxyl groups is 1.